The molecule has 0 aliphatic heterocycles. The lowest BCUT2D eigenvalue weighted by Crippen LogP contribution is -2.12. The zero-order chi connectivity index (χ0) is 13.5. The quantitative estimate of drug-likeness (QED) is 0.912. The Morgan fingerprint density at radius 1 is 1.21 bits per heavy atom. The van der Waals surface area contributed by atoms with Gasteiger partial charge in [0.05, 0.1) is 12.8 Å². The molecule has 1 aromatic heterocycles. The maximum Gasteiger partial charge on any atom is 0.411 e. The van der Waals surface area contributed by atoms with E-state index in [0.717, 1.165) is 0 Å². The van der Waals surface area contributed by atoms with Crippen molar-refractivity contribution in [2.75, 3.05) is 11.9 Å². The average molecular weight is 258 g/mol. The maximum atomic E-state index is 11.2. The number of rotatable bonds is 4. The summed E-state index contributed by atoms with van der Waals surface area (Å²) in [5, 5.41) is 2.60. The fourth-order valence-corrected chi connectivity index (χ4v) is 1.43. The Kier molecular flexibility index (Phi) is 4.34. The Labute approximate surface area is 111 Å². The van der Waals surface area contributed by atoms with Crippen LogP contribution in [0.2, 0.25) is 0 Å². The van der Waals surface area contributed by atoms with Crippen molar-refractivity contribution in [1.29, 1.82) is 0 Å². The van der Waals surface area contributed by atoms with Gasteiger partial charge >= 0.3 is 6.09 Å². The number of hydrogen-bond acceptors (Lipinski definition) is 4. The summed E-state index contributed by atoms with van der Waals surface area (Å²) in [6, 6.07) is 10.6. The Bertz CT molecular complexity index is 526. The summed E-state index contributed by atoms with van der Waals surface area (Å²) in [7, 11) is 0. The highest BCUT2D eigenvalue weighted by atomic mass is 16.5. The highest BCUT2D eigenvalue weighted by molar-refractivity contribution is 5.84. The van der Waals surface area contributed by atoms with Crippen LogP contribution in [0.5, 0.6) is 11.5 Å². The molecule has 0 fully saturated rings. The lowest BCUT2D eigenvalue weighted by atomic mass is 10.3. The van der Waals surface area contributed by atoms with E-state index in [9.17, 15) is 4.79 Å². The van der Waals surface area contributed by atoms with E-state index >= 15 is 0 Å². The van der Waals surface area contributed by atoms with E-state index < -0.39 is 6.09 Å². The molecule has 5 heteroatoms. The number of nitrogens with zero attached hydrogens (tertiary/aromatic N) is 1. The van der Waals surface area contributed by atoms with Gasteiger partial charge in [0.15, 0.2) is 0 Å². The third-order valence-corrected chi connectivity index (χ3v) is 2.25. The van der Waals surface area contributed by atoms with Crippen LogP contribution in [0, 0.1) is 0 Å². The molecule has 0 saturated heterocycles. The van der Waals surface area contributed by atoms with E-state index in [-0.39, 0.29) is 0 Å². The van der Waals surface area contributed by atoms with Crippen molar-refractivity contribution in [3.63, 3.8) is 0 Å². The third kappa shape index (κ3) is 3.99. The van der Waals surface area contributed by atoms with Gasteiger partial charge in [0.25, 0.3) is 0 Å². The molecule has 2 aromatic rings. The third-order valence-electron chi connectivity index (χ3n) is 2.25. The van der Waals surface area contributed by atoms with Gasteiger partial charge < -0.3 is 9.47 Å². The Hall–Kier alpha value is -2.56. The van der Waals surface area contributed by atoms with Crippen LogP contribution in [0.15, 0.2) is 48.8 Å². The van der Waals surface area contributed by atoms with Crippen molar-refractivity contribution >= 4 is 11.8 Å². The molecule has 0 radical (unpaired) electrons. The van der Waals surface area contributed by atoms with Gasteiger partial charge in [-0.25, -0.2) is 4.79 Å². The molecule has 5 nitrogen and oxygen atoms in total. The predicted molar refractivity (Wildman–Crippen MR) is 71.4 cm³/mol. The number of anilines is 1. The van der Waals surface area contributed by atoms with Crippen molar-refractivity contribution < 1.29 is 14.3 Å². The van der Waals surface area contributed by atoms with Crippen LogP contribution < -0.4 is 10.1 Å². The number of ether oxygens (including phenoxy) is 2. The summed E-state index contributed by atoms with van der Waals surface area (Å²) in [4.78, 5) is 15.2. The molecular formula is C14H14N2O3. The van der Waals surface area contributed by atoms with Crippen LogP contribution in [0.3, 0.4) is 0 Å². The van der Waals surface area contributed by atoms with Crippen LogP contribution in [0.1, 0.15) is 6.92 Å². The van der Waals surface area contributed by atoms with Crippen molar-refractivity contribution in [2.45, 2.75) is 6.92 Å². The minimum Gasteiger partial charge on any atom is -0.456 e. The van der Waals surface area contributed by atoms with Crippen LogP contribution in [0.4, 0.5) is 10.5 Å². The second-order valence-electron chi connectivity index (χ2n) is 3.66. The molecule has 0 spiro atoms. The second-order valence-corrected chi connectivity index (χ2v) is 3.66. The van der Waals surface area contributed by atoms with Gasteiger partial charge in [-0.3, -0.25) is 10.3 Å². The van der Waals surface area contributed by atoms with Crippen LogP contribution in [0.25, 0.3) is 0 Å². The molecule has 0 saturated carbocycles. The highest BCUT2D eigenvalue weighted by Crippen LogP contribution is 2.21. The fraction of sp³-hybridized carbons (Fsp3) is 0.143. The molecule has 1 N–H and O–H groups in total. The molecule has 0 aliphatic carbocycles. The molecule has 0 atom stereocenters. The molecule has 0 unspecified atom stereocenters. The Morgan fingerprint density at radius 3 is 2.63 bits per heavy atom. The standard InChI is InChI=1S/C14H14N2O3/c1-2-18-14(17)16-11-5-7-12(8-6-11)19-13-4-3-9-15-10-13/h3-10H,2H2,1H3,(H,16,17). The second kappa shape index (κ2) is 6.39. The Balaban J connectivity index is 1.97. The van der Waals surface area contributed by atoms with Gasteiger partial charge in [0.2, 0.25) is 0 Å². The molecule has 1 amide bonds. The molecule has 0 aliphatic rings. The van der Waals surface area contributed by atoms with Crippen LogP contribution >= 0.6 is 0 Å². The van der Waals surface area contributed by atoms with E-state index in [2.05, 4.69) is 10.3 Å². The van der Waals surface area contributed by atoms with Gasteiger partial charge in [-0.05, 0) is 43.3 Å². The minimum atomic E-state index is -0.469. The lowest BCUT2D eigenvalue weighted by molar-refractivity contribution is 0.168. The first kappa shape index (κ1) is 12.9. The predicted octanol–water partition coefficient (Wildman–Crippen LogP) is 3.44. The monoisotopic (exact) mass is 258 g/mol. The SMILES string of the molecule is CCOC(=O)Nc1ccc(Oc2cccnc2)cc1. The largest absolute Gasteiger partial charge is 0.456 e. The van der Waals surface area contributed by atoms with Crippen molar-refractivity contribution in [3.8, 4) is 11.5 Å². The summed E-state index contributed by atoms with van der Waals surface area (Å²) < 4.78 is 10.4. The zero-order valence-corrected chi connectivity index (χ0v) is 10.5. The molecular weight excluding hydrogens is 244 g/mol. The fourth-order valence-electron chi connectivity index (χ4n) is 1.43. The molecule has 1 aromatic carbocycles. The van der Waals surface area contributed by atoms with Gasteiger partial charge in [0.1, 0.15) is 11.5 Å². The number of amides is 1. The van der Waals surface area contributed by atoms with E-state index in [1.807, 2.05) is 6.07 Å². The average Bonchev–Trinajstić information content (AvgIpc) is 2.42. The van der Waals surface area contributed by atoms with Gasteiger partial charge in [-0.1, -0.05) is 0 Å². The van der Waals surface area contributed by atoms with Crippen molar-refractivity contribution in [3.05, 3.63) is 48.8 Å². The smallest absolute Gasteiger partial charge is 0.411 e. The topological polar surface area (TPSA) is 60.5 Å². The van der Waals surface area contributed by atoms with E-state index in [1.165, 1.54) is 0 Å². The molecule has 1 heterocycles. The summed E-state index contributed by atoms with van der Waals surface area (Å²) in [6.45, 7) is 2.10. The van der Waals surface area contributed by atoms with E-state index in [1.54, 1.807) is 49.6 Å². The molecule has 98 valence electrons. The van der Waals surface area contributed by atoms with Gasteiger partial charge in [-0.15, -0.1) is 0 Å². The first-order chi connectivity index (χ1) is 9.28. The van der Waals surface area contributed by atoms with Crippen molar-refractivity contribution in [2.24, 2.45) is 0 Å². The number of benzene rings is 1. The summed E-state index contributed by atoms with van der Waals surface area (Å²) in [6.07, 6.45) is 2.84. The highest BCUT2D eigenvalue weighted by Gasteiger charge is 2.02. The summed E-state index contributed by atoms with van der Waals surface area (Å²) in [5.74, 6) is 1.33. The van der Waals surface area contributed by atoms with Crippen LogP contribution in [-0.4, -0.2) is 17.7 Å². The number of aromatic nitrogens is 1. The normalized spacial score (nSPS) is 9.74. The van der Waals surface area contributed by atoms with E-state index in [4.69, 9.17) is 9.47 Å². The van der Waals surface area contributed by atoms with Crippen LogP contribution in [-0.2, 0) is 4.74 Å². The minimum absolute atomic E-state index is 0.341. The molecule has 19 heavy (non-hydrogen) atoms. The zero-order valence-electron chi connectivity index (χ0n) is 10.5. The number of carbonyl (C=O) groups excluding carboxylic acids is 1. The lowest BCUT2D eigenvalue weighted by Gasteiger charge is -2.07. The number of pyridine rings is 1. The first-order valence-corrected chi connectivity index (χ1v) is 5.89. The number of carbonyl (C=O) groups is 1. The first-order valence-electron chi connectivity index (χ1n) is 5.89. The van der Waals surface area contributed by atoms with Crippen molar-refractivity contribution in [1.82, 2.24) is 4.98 Å². The van der Waals surface area contributed by atoms with Gasteiger partial charge in [-0.2, -0.15) is 0 Å². The number of hydrogen-bond donors (Lipinski definition) is 1. The van der Waals surface area contributed by atoms with Gasteiger partial charge in [0, 0.05) is 11.9 Å². The Morgan fingerprint density at radius 2 is 2.00 bits per heavy atom. The maximum absolute atomic E-state index is 11.2. The molecule has 0 bridgehead atoms. The van der Waals surface area contributed by atoms with E-state index in [0.29, 0.717) is 23.8 Å². The molecule has 2 rings (SSSR count). The number of nitrogens with one attached hydrogen (secondary N) is 1. The summed E-state index contributed by atoms with van der Waals surface area (Å²) >= 11 is 0. The summed E-state index contributed by atoms with van der Waals surface area (Å²) in [5.41, 5.74) is 0.650.